The van der Waals surface area contributed by atoms with Crippen LogP contribution in [0.25, 0.3) is 11.3 Å². The molecule has 28 heavy (non-hydrogen) atoms. The minimum atomic E-state index is -3.12. The zero-order valence-corrected chi connectivity index (χ0v) is 15.7. The van der Waals surface area contributed by atoms with Crippen LogP contribution in [0.5, 0.6) is 11.5 Å². The van der Waals surface area contributed by atoms with Crippen molar-refractivity contribution in [3.8, 4) is 22.8 Å². The third-order valence-corrected chi connectivity index (χ3v) is 4.69. The number of aryl methyl sites for hydroxylation is 2. The van der Waals surface area contributed by atoms with Gasteiger partial charge in [0.15, 0.2) is 5.13 Å². The lowest BCUT2D eigenvalue weighted by Crippen LogP contribution is -2.05. The molecule has 0 bridgehead atoms. The molecule has 0 unspecified atom stereocenters. The van der Waals surface area contributed by atoms with Gasteiger partial charge in [-0.1, -0.05) is 6.07 Å². The van der Waals surface area contributed by atoms with Gasteiger partial charge in [0.25, 0.3) is 0 Å². The Balaban J connectivity index is 1.87. The summed E-state index contributed by atoms with van der Waals surface area (Å²) in [5, 5.41) is 5.36. The van der Waals surface area contributed by atoms with E-state index in [1.807, 2.05) is 32.0 Å². The molecule has 1 aromatic heterocycles. The lowest BCUT2D eigenvalue weighted by atomic mass is 10.1. The van der Waals surface area contributed by atoms with E-state index in [9.17, 15) is 17.6 Å². The first kappa shape index (κ1) is 19.9. The minimum absolute atomic E-state index is 0.242. The number of anilines is 2. The number of rotatable bonds is 7. The van der Waals surface area contributed by atoms with Crippen LogP contribution in [0.1, 0.15) is 11.1 Å². The normalized spacial score (nSPS) is 11.1. The molecule has 9 heteroatoms. The van der Waals surface area contributed by atoms with Gasteiger partial charge in [-0.25, -0.2) is 4.98 Å². The van der Waals surface area contributed by atoms with Crippen LogP contribution in [-0.4, -0.2) is 18.2 Å². The highest BCUT2D eigenvalue weighted by molar-refractivity contribution is 7.14. The van der Waals surface area contributed by atoms with Crippen LogP contribution in [-0.2, 0) is 0 Å². The molecule has 2 aromatic carbocycles. The molecule has 0 aliphatic rings. The Hall–Kier alpha value is -2.81. The van der Waals surface area contributed by atoms with E-state index in [-0.39, 0.29) is 17.1 Å². The minimum Gasteiger partial charge on any atom is -0.435 e. The summed E-state index contributed by atoms with van der Waals surface area (Å²) < 4.78 is 58.9. The first-order valence-electron chi connectivity index (χ1n) is 8.15. The Kier molecular flexibility index (Phi) is 6.03. The van der Waals surface area contributed by atoms with Crippen molar-refractivity contribution in [2.75, 3.05) is 5.32 Å². The third kappa shape index (κ3) is 4.92. The van der Waals surface area contributed by atoms with E-state index in [0.29, 0.717) is 10.8 Å². The van der Waals surface area contributed by atoms with E-state index in [1.54, 1.807) is 5.38 Å². The van der Waals surface area contributed by atoms with Crippen LogP contribution in [0.4, 0.5) is 28.4 Å². The molecule has 0 saturated carbocycles. The quantitative estimate of drug-likeness (QED) is 0.458. The number of hydrogen-bond donors (Lipinski definition) is 1. The number of nitrogens with one attached hydrogen (secondary N) is 1. The molecular formula is C19H16F4N2O2S. The van der Waals surface area contributed by atoms with Crippen molar-refractivity contribution >= 4 is 22.2 Å². The topological polar surface area (TPSA) is 43.4 Å². The lowest BCUT2D eigenvalue weighted by Gasteiger charge is -2.12. The first-order valence-corrected chi connectivity index (χ1v) is 9.03. The molecule has 0 atom stereocenters. The van der Waals surface area contributed by atoms with E-state index in [1.165, 1.54) is 23.5 Å². The van der Waals surface area contributed by atoms with Gasteiger partial charge in [0, 0.05) is 22.7 Å². The molecule has 0 spiro atoms. The van der Waals surface area contributed by atoms with Gasteiger partial charge in [-0.3, -0.25) is 0 Å². The van der Waals surface area contributed by atoms with Gasteiger partial charge < -0.3 is 14.8 Å². The highest BCUT2D eigenvalue weighted by atomic mass is 32.1. The highest BCUT2D eigenvalue weighted by Gasteiger charge is 2.17. The molecule has 0 aliphatic carbocycles. The maximum absolute atomic E-state index is 12.7. The van der Waals surface area contributed by atoms with E-state index < -0.39 is 13.2 Å². The number of alkyl halides is 4. The predicted molar refractivity (Wildman–Crippen MR) is 100 cm³/mol. The number of nitrogens with zero attached hydrogens (tertiary/aromatic N) is 1. The van der Waals surface area contributed by atoms with Gasteiger partial charge >= 0.3 is 13.2 Å². The average Bonchev–Trinajstić information content (AvgIpc) is 3.05. The summed E-state index contributed by atoms with van der Waals surface area (Å²) >= 11 is 1.28. The predicted octanol–water partition coefficient (Wildman–Crippen LogP) is 6.37. The van der Waals surface area contributed by atoms with Crippen molar-refractivity contribution in [3.63, 3.8) is 0 Å². The fraction of sp³-hybridized carbons (Fsp3) is 0.211. The van der Waals surface area contributed by atoms with E-state index in [2.05, 4.69) is 19.8 Å². The smallest absolute Gasteiger partial charge is 0.387 e. The van der Waals surface area contributed by atoms with Crippen LogP contribution in [0.2, 0.25) is 0 Å². The van der Waals surface area contributed by atoms with Crippen molar-refractivity contribution in [3.05, 3.63) is 52.9 Å². The Morgan fingerprint density at radius 2 is 1.68 bits per heavy atom. The Morgan fingerprint density at radius 1 is 0.929 bits per heavy atom. The number of benzene rings is 2. The number of hydrogen-bond acceptors (Lipinski definition) is 5. The van der Waals surface area contributed by atoms with Crippen LogP contribution >= 0.6 is 11.3 Å². The van der Waals surface area contributed by atoms with Crippen LogP contribution in [0, 0.1) is 13.8 Å². The van der Waals surface area contributed by atoms with Gasteiger partial charge in [0.1, 0.15) is 11.5 Å². The molecule has 0 radical (unpaired) electrons. The summed E-state index contributed by atoms with van der Waals surface area (Å²) in [7, 11) is 0. The second kappa shape index (κ2) is 8.47. The largest absolute Gasteiger partial charge is 0.435 e. The molecule has 0 amide bonds. The Morgan fingerprint density at radius 3 is 2.36 bits per heavy atom. The molecule has 3 aromatic rings. The number of aromatic nitrogens is 1. The summed E-state index contributed by atoms with van der Waals surface area (Å²) in [6.45, 7) is -2.19. The van der Waals surface area contributed by atoms with Crippen LogP contribution in [0.15, 0.2) is 41.8 Å². The lowest BCUT2D eigenvalue weighted by molar-refractivity contribution is -0.0540. The summed E-state index contributed by atoms with van der Waals surface area (Å²) in [5.74, 6) is -0.575. The van der Waals surface area contributed by atoms with Crippen LogP contribution in [0.3, 0.4) is 0 Å². The van der Waals surface area contributed by atoms with Crippen molar-refractivity contribution in [2.45, 2.75) is 27.1 Å². The second-order valence-corrected chi connectivity index (χ2v) is 6.74. The molecule has 1 heterocycles. The monoisotopic (exact) mass is 412 g/mol. The zero-order chi connectivity index (χ0) is 20.3. The number of ether oxygens (including phenoxy) is 2. The fourth-order valence-electron chi connectivity index (χ4n) is 2.48. The van der Waals surface area contributed by atoms with Gasteiger partial charge in [-0.2, -0.15) is 17.6 Å². The van der Waals surface area contributed by atoms with Crippen molar-refractivity contribution in [1.29, 1.82) is 0 Å². The molecule has 3 rings (SSSR count). The second-order valence-electron chi connectivity index (χ2n) is 5.88. The summed E-state index contributed by atoms with van der Waals surface area (Å²) in [6.07, 6.45) is 0. The maximum atomic E-state index is 12.7. The summed E-state index contributed by atoms with van der Waals surface area (Å²) in [6, 6.07) is 9.44. The van der Waals surface area contributed by atoms with E-state index in [0.717, 1.165) is 22.9 Å². The van der Waals surface area contributed by atoms with Gasteiger partial charge in [-0.15, -0.1) is 11.3 Å². The van der Waals surface area contributed by atoms with Crippen molar-refractivity contribution in [1.82, 2.24) is 4.98 Å². The molecule has 1 N–H and O–H groups in total. The third-order valence-electron chi connectivity index (χ3n) is 3.93. The summed E-state index contributed by atoms with van der Waals surface area (Å²) in [4.78, 5) is 4.38. The Labute approximate surface area is 162 Å². The number of halogens is 4. The molecular weight excluding hydrogens is 396 g/mol. The molecule has 148 valence electrons. The average molecular weight is 412 g/mol. The van der Waals surface area contributed by atoms with E-state index in [4.69, 9.17) is 0 Å². The fourth-order valence-corrected chi connectivity index (χ4v) is 3.21. The first-order chi connectivity index (χ1) is 13.3. The van der Waals surface area contributed by atoms with Gasteiger partial charge in [-0.05, 0) is 49.2 Å². The molecule has 0 saturated heterocycles. The van der Waals surface area contributed by atoms with E-state index >= 15 is 0 Å². The maximum Gasteiger partial charge on any atom is 0.387 e. The molecule has 0 aliphatic heterocycles. The molecule has 4 nitrogen and oxygen atoms in total. The zero-order valence-electron chi connectivity index (χ0n) is 14.9. The van der Waals surface area contributed by atoms with Gasteiger partial charge in [0.2, 0.25) is 0 Å². The molecule has 0 fully saturated rings. The van der Waals surface area contributed by atoms with Crippen LogP contribution < -0.4 is 14.8 Å². The number of thiazole rings is 1. The Bertz CT molecular complexity index is 963. The summed E-state index contributed by atoms with van der Waals surface area (Å²) in [5.41, 5.74) is 3.73. The standard InChI is InChI=1S/C19H16F4N2O2S/c1-10-3-4-12(7-11(10)2)24-19-25-15(9-28-19)14-6-5-13(26-17(20)21)8-16(14)27-18(22)23/h3-9,17-18H,1-2H3,(H,24,25). The van der Waals surface area contributed by atoms with Crippen molar-refractivity contribution < 1.29 is 27.0 Å². The van der Waals surface area contributed by atoms with Gasteiger partial charge in [0.05, 0.1) is 5.69 Å². The SMILES string of the molecule is Cc1ccc(Nc2nc(-c3ccc(OC(F)F)cc3OC(F)F)cs2)cc1C. The highest BCUT2D eigenvalue weighted by Crippen LogP contribution is 2.37. The van der Waals surface area contributed by atoms with Crippen molar-refractivity contribution in [2.24, 2.45) is 0 Å².